The second-order valence-electron chi connectivity index (χ2n) is 10.7. The minimum Gasteiger partial charge on any atom is -0.324 e. The zero-order valence-electron chi connectivity index (χ0n) is 23.3. The highest BCUT2D eigenvalue weighted by atomic mass is 32.1. The molecular formula is C39H27N3S. The molecule has 4 heteroatoms. The van der Waals surface area contributed by atoms with Gasteiger partial charge in [-0.25, -0.2) is 9.98 Å². The van der Waals surface area contributed by atoms with Crippen LogP contribution < -0.4 is 5.32 Å². The Balaban J connectivity index is 1.30. The van der Waals surface area contributed by atoms with Gasteiger partial charge in [0.25, 0.3) is 0 Å². The highest BCUT2D eigenvalue weighted by Crippen LogP contribution is 2.41. The van der Waals surface area contributed by atoms with Crippen molar-refractivity contribution in [3.05, 3.63) is 168 Å². The van der Waals surface area contributed by atoms with E-state index in [4.69, 9.17) is 9.98 Å². The van der Waals surface area contributed by atoms with E-state index in [-0.39, 0.29) is 6.17 Å². The quantitative estimate of drug-likeness (QED) is 0.220. The van der Waals surface area contributed by atoms with Gasteiger partial charge < -0.3 is 5.32 Å². The molecule has 0 amide bonds. The number of nitrogens with zero attached hydrogens (tertiary/aromatic N) is 2. The second-order valence-corrected chi connectivity index (χ2v) is 11.8. The number of hydrogen-bond acceptors (Lipinski definition) is 4. The SMILES string of the molecule is c1ccc(C2=NC(c3ccccc3)N=C(c3cc(-c4ccc(-c5ccccc5)cc4)c4c(c3)sc3ccccc34)N2)cc1. The van der Waals surface area contributed by atoms with Crippen molar-refractivity contribution >= 4 is 43.2 Å². The van der Waals surface area contributed by atoms with E-state index in [0.29, 0.717) is 0 Å². The number of benzene rings is 6. The lowest BCUT2D eigenvalue weighted by Gasteiger charge is -2.23. The lowest BCUT2D eigenvalue weighted by molar-refractivity contribution is 0.756. The highest BCUT2D eigenvalue weighted by molar-refractivity contribution is 7.26. The first-order valence-electron chi connectivity index (χ1n) is 14.4. The van der Waals surface area contributed by atoms with Crippen LogP contribution in [-0.2, 0) is 0 Å². The number of fused-ring (bicyclic) bond motifs is 3. The molecule has 1 aliphatic heterocycles. The van der Waals surface area contributed by atoms with Crippen molar-refractivity contribution in [1.29, 1.82) is 0 Å². The van der Waals surface area contributed by atoms with Crippen LogP contribution in [-0.4, -0.2) is 11.7 Å². The van der Waals surface area contributed by atoms with Crippen LogP contribution in [0.2, 0.25) is 0 Å². The van der Waals surface area contributed by atoms with Crippen LogP contribution in [0.15, 0.2) is 162 Å². The first-order chi connectivity index (χ1) is 21.3. The summed E-state index contributed by atoms with van der Waals surface area (Å²) in [6.45, 7) is 0. The minimum absolute atomic E-state index is 0.334. The molecule has 0 spiro atoms. The minimum atomic E-state index is -0.334. The van der Waals surface area contributed by atoms with Gasteiger partial charge in [0, 0.05) is 31.3 Å². The van der Waals surface area contributed by atoms with Crippen LogP contribution in [0.3, 0.4) is 0 Å². The van der Waals surface area contributed by atoms with Gasteiger partial charge in [-0.1, -0.05) is 133 Å². The molecule has 1 aliphatic rings. The predicted molar refractivity (Wildman–Crippen MR) is 182 cm³/mol. The number of rotatable bonds is 5. The topological polar surface area (TPSA) is 36.8 Å². The summed E-state index contributed by atoms with van der Waals surface area (Å²) in [5.41, 5.74) is 7.96. The average molecular weight is 570 g/mol. The van der Waals surface area contributed by atoms with Crippen molar-refractivity contribution in [2.24, 2.45) is 9.98 Å². The summed E-state index contributed by atoms with van der Waals surface area (Å²) in [4.78, 5) is 10.2. The number of hydrogen-bond donors (Lipinski definition) is 1. The lowest BCUT2D eigenvalue weighted by atomic mass is 9.95. The molecule has 0 radical (unpaired) electrons. The molecule has 1 atom stereocenters. The molecule has 3 nitrogen and oxygen atoms in total. The molecule has 204 valence electrons. The molecule has 1 N–H and O–H groups in total. The van der Waals surface area contributed by atoms with Crippen LogP contribution in [0.4, 0.5) is 0 Å². The van der Waals surface area contributed by atoms with Crippen molar-refractivity contribution in [1.82, 2.24) is 5.32 Å². The maximum absolute atomic E-state index is 5.17. The van der Waals surface area contributed by atoms with E-state index >= 15 is 0 Å². The maximum atomic E-state index is 5.17. The Bertz CT molecular complexity index is 2130. The number of nitrogens with one attached hydrogen (secondary N) is 1. The fraction of sp³-hybridized carbons (Fsp3) is 0.0256. The van der Waals surface area contributed by atoms with Gasteiger partial charge in [0.15, 0.2) is 6.17 Å². The Morgan fingerprint density at radius 2 is 1.02 bits per heavy atom. The molecule has 43 heavy (non-hydrogen) atoms. The summed E-state index contributed by atoms with van der Waals surface area (Å²) in [5, 5.41) is 6.16. The standard InChI is InChI=1S/C39H27N3S/c1-4-12-26(13-5-1)27-20-22-28(23-21-27)33-24-31(25-35-36(33)32-18-10-11-19-34(32)43-35)39-41-37(29-14-6-2-7-15-29)40-38(42-39)30-16-8-3-9-17-30/h1-25,37H,(H,40,41,42). The third-order valence-electron chi connectivity index (χ3n) is 7.94. The van der Waals surface area contributed by atoms with Crippen molar-refractivity contribution in [3.63, 3.8) is 0 Å². The first kappa shape index (κ1) is 25.4. The summed E-state index contributed by atoms with van der Waals surface area (Å²) in [6.07, 6.45) is -0.334. The summed E-state index contributed by atoms with van der Waals surface area (Å²) < 4.78 is 2.52. The van der Waals surface area contributed by atoms with E-state index in [1.807, 2.05) is 47.7 Å². The lowest BCUT2D eigenvalue weighted by Crippen LogP contribution is -2.36. The van der Waals surface area contributed by atoms with E-state index in [1.165, 1.54) is 42.4 Å². The van der Waals surface area contributed by atoms with Gasteiger partial charge >= 0.3 is 0 Å². The van der Waals surface area contributed by atoms with E-state index in [0.717, 1.165) is 28.4 Å². The summed E-state index contributed by atoms with van der Waals surface area (Å²) >= 11 is 1.83. The first-order valence-corrected chi connectivity index (χ1v) is 15.3. The Labute approximate surface area is 254 Å². The third kappa shape index (κ3) is 4.82. The van der Waals surface area contributed by atoms with Gasteiger partial charge in [-0.05, 0) is 46.0 Å². The summed E-state index contributed by atoms with van der Waals surface area (Å²) in [5.74, 6) is 1.65. The van der Waals surface area contributed by atoms with Crippen molar-refractivity contribution in [2.45, 2.75) is 6.17 Å². The summed E-state index contributed by atoms with van der Waals surface area (Å²) in [7, 11) is 0. The molecule has 7 aromatic rings. The summed E-state index contributed by atoms with van der Waals surface area (Å²) in [6, 6.07) is 53.3. The molecule has 8 rings (SSSR count). The second kappa shape index (κ2) is 10.8. The van der Waals surface area contributed by atoms with Crippen LogP contribution >= 0.6 is 11.3 Å². The molecule has 0 bridgehead atoms. The van der Waals surface area contributed by atoms with Gasteiger partial charge in [0.1, 0.15) is 11.7 Å². The predicted octanol–water partition coefficient (Wildman–Crippen LogP) is 9.88. The Hall–Kier alpha value is -5.32. The largest absolute Gasteiger partial charge is 0.324 e. The van der Waals surface area contributed by atoms with Gasteiger partial charge in [-0.15, -0.1) is 11.3 Å². The molecule has 0 saturated carbocycles. The monoisotopic (exact) mass is 569 g/mol. The number of aliphatic imine (C=N–C) groups is 2. The molecule has 0 fully saturated rings. The van der Waals surface area contributed by atoms with Crippen molar-refractivity contribution < 1.29 is 0 Å². The van der Waals surface area contributed by atoms with Gasteiger partial charge in [0.05, 0.1) is 0 Å². The zero-order valence-corrected chi connectivity index (χ0v) is 24.1. The molecule has 0 saturated heterocycles. The molecule has 1 unspecified atom stereocenters. The molecule has 2 heterocycles. The van der Waals surface area contributed by atoms with Crippen molar-refractivity contribution in [2.75, 3.05) is 0 Å². The number of amidine groups is 2. The molecule has 0 aliphatic carbocycles. The molecular weight excluding hydrogens is 543 g/mol. The van der Waals surface area contributed by atoms with E-state index in [1.54, 1.807) is 0 Å². The molecule has 6 aromatic carbocycles. The maximum Gasteiger partial charge on any atom is 0.169 e. The van der Waals surface area contributed by atoms with Gasteiger partial charge in [-0.2, -0.15) is 0 Å². The van der Waals surface area contributed by atoms with Crippen LogP contribution in [0.5, 0.6) is 0 Å². The van der Waals surface area contributed by atoms with Crippen molar-refractivity contribution in [3.8, 4) is 22.3 Å². The normalized spacial score (nSPS) is 14.7. The molecule has 1 aromatic heterocycles. The van der Waals surface area contributed by atoms with Gasteiger partial charge in [-0.3, -0.25) is 0 Å². The fourth-order valence-corrected chi connectivity index (χ4v) is 6.98. The number of thiophene rings is 1. The van der Waals surface area contributed by atoms with Crippen LogP contribution in [0.1, 0.15) is 22.9 Å². The fourth-order valence-electron chi connectivity index (χ4n) is 5.81. The third-order valence-corrected chi connectivity index (χ3v) is 9.06. The average Bonchev–Trinajstić information content (AvgIpc) is 3.48. The highest BCUT2D eigenvalue weighted by Gasteiger charge is 2.22. The van der Waals surface area contributed by atoms with Gasteiger partial charge in [0.2, 0.25) is 0 Å². The van der Waals surface area contributed by atoms with Crippen LogP contribution in [0.25, 0.3) is 42.4 Å². The van der Waals surface area contributed by atoms with E-state index in [2.05, 4.69) is 121 Å². The van der Waals surface area contributed by atoms with Crippen LogP contribution in [0, 0.1) is 0 Å². The van der Waals surface area contributed by atoms with E-state index < -0.39 is 0 Å². The van der Waals surface area contributed by atoms with E-state index in [9.17, 15) is 0 Å². The smallest absolute Gasteiger partial charge is 0.169 e. The Morgan fingerprint density at radius 3 is 1.74 bits per heavy atom. The zero-order chi connectivity index (χ0) is 28.6. The Morgan fingerprint density at radius 1 is 0.465 bits per heavy atom. The Kier molecular flexibility index (Phi) is 6.39.